The average molecular weight is 393 g/mol. The molecule has 2 aromatic carbocycles. The largest absolute Gasteiger partial charge is 0.598 e. The highest BCUT2D eigenvalue weighted by Crippen LogP contribution is 2.41. The van der Waals surface area contributed by atoms with Crippen LogP contribution in [0.2, 0.25) is 0 Å². The van der Waals surface area contributed by atoms with Gasteiger partial charge in [-0.1, -0.05) is 42.5 Å². The fourth-order valence-electron chi connectivity index (χ4n) is 2.52. The zero-order valence-corrected chi connectivity index (χ0v) is 17.8. The molecule has 0 heterocycles. The summed E-state index contributed by atoms with van der Waals surface area (Å²) in [5.41, 5.74) is 2.00. The molecule has 0 aliphatic heterocycles. The van der Waals surface area contributed by atoms with E-state index in [0.29, 0.717) is 11.9 Å². The van der Waals surface area contributed by atoms with E-state index in [4.69, 9.17) is 4.52 Å². The van der Waals surface area contributed by atoms with E-state index in [1.807, 2.05) is 82.3 Å². The number of rotatable bonds is 7. The van der Waals surface area contributed by atoms with Crippen LogP contribution in [0.15, 0.2) is 54.6 Å². The van der Waals surface area contributed by atoms with Crippen LogP contribution in [0.25, 0.3) is 0 Å². The van der Waals surface area contributed by atoms with E-state index in [9.17, 15) is 9.12 Å². The Hall–Kier alpha value is -1.10. The van der Waals surface area contributed by atoms with Crippen molar-refractivity contribution in [3.63, 3.8) is 0 Å². The molecule has 2 rings (SSSR count). The molecule has 0 saturated carbocycles. The van der Waals surface area contributed by atoms with Crippen LogP contribution in [-0.2, 0) is 20.5 Å². The first-order chi connectivity index (χ1) is 12.1. The molecule has 0 bridgehead atoms. The van der Waals surface area contributed by atoms with Crippen LogP contribution < -0.4 is 10.0 Å². The van der Waals surface area contributed by atoms with Gasteiger partial charge in [0.25, 0.3) is 0 Å². The standard InChI is InChI=1S/C20H28NO3PS/c1-6-24-25(5,22)18-14-12-17(13-15-18)19(16-10-8-7-9-11-16)21-26(23)20(2,3)4/h7-15,19,21H,6H2,1-5H3/t19-,25?,26+/m0/s1. The molecule has 0 spiro atoms. The second kappa shape index (κ2) is 8.73. The molecular weight excluding hydrogens is 365 g/mol. The van der Waals surface area contributed by atoms with Crippen molar-refractivity contribution in [3.05, 3.63) is 65.7 Å². The molecule has 2 aromatic rings. The Morgan fingerprint density at radius 2 is 1.62 bits per heavy atom. The number of hydrogen-bond donors (Lipinski definition) is 1. The first kappa shape index (κ1) is 21.2. The van der Waals surface area contributed by atoms with E-state index < -0.39 is 18.7 Å². The summed E-state index contributed by atoms with van der Waals surface area (Å²) in [6.07, 6.45) is 0. The van der Waals surface area contributed by atoms with Crippen LogP contribution in [0, 0.1) is 0 Å². The Morgan fingerprint density at radius 1 is 1.08 bits per heavy atom. The van der Waals surface area contributed by atoms with Gasteiger partial charge >= 0.3 is 0 Å². The lowest BCUT2D eigenvalue weighted by atomic mass is 10.00. The molecule has 0 aliphatic rings. The third-order valence-corrected chi connectivity index (χ3v) is 7.53. The van der Waals surface area contributed by atoms with E-state index in [1.165, 1.54) is 0 Å². The molecular formula is C20H28NO3PS. The molecule has 1 unspecified atom stereocenters. The first-order valence-electron chi connectivity index (χ1n) is 8.70. The van der Waals surface area contributed by atoms with Gasteiger partial charge in [0.2, 0.25) is 7.37 Å². The summed E-state index contributed by atoms with van der Waals surface area (Å²) >= 11 is -1.22. The average Bonchev–Trinajstić information content (AvgIpc) is 2.59. The van der Waals surface area contributed by atoms with Crippen molar-refractivity contribution in [2.24, 2.45) is 0 Å². The molecule has 0 fully saturated rings. The van der Waals surface area contributed by atoms with Crippen molar-refractivity contribution >= 4 is 24.0 Å². The third kappa shape index (κ3) is 5.45. The molecule has 1 N–H and O–H groups in total. The maximum atomic E-state index is 12.7. The van der Waals surface area contributed by atoms with Crippen LogP contribution in [0.1, 0.15) is 44.9 Å². The molecule has 6 heteroatoms. The number of nitrogens with one attached hydrogen (secondary N) is 1. The van der Waals surface area contributed by atoms with Gasteiger partial charge in [-0.15, -0.1) is 4.72 Å². The van der Waals surface area contributed by atoms with Gasteiger partial charge in [0.05, 0.1) is 6.61 Å². The molecule has 142 valence electrons. The summed E-state index contributed by atoms with van der Waals surface area (Å²) in [5.74, 6) is 0. The molecule has 0 aromatic heterocycles. The third-order valence-electron chi connectivity index (χ3n) is 3.98. The first-order valence-corrected chi connectivity index (χ1v) is 11.9. The zero-order valence-electron chi connectivity index (χ0n) is 16.1. The summed E-state index contributed by atoms with van der Waals surface area (Å²) < 4.78 is 33.5. The summed E-state index contributed by atoms with van der Waals surface area (Å²) in [5, 5.41) is 0.687. The monoisotopic (exact) mass is 393 g/mol. The minimum absolute atomic E-state index is 0.214. The Kier molecular flexibility index (Phi) is 7.12. The van der Waals surface area contributed by atoms with E-state index in [2.05, 4.69) is 4.72 Å². The van der Waals surface area contributed by atoms with Gasteiger partial charge in [-0.2, -0.15) is 0 Å². The second-order valence-electron chi connectivity index (χ2n) is 7.20. The van der Waals surface area contributed by atoms with Crippen LogP contribution >= 0.6 is 7.37 Å². The van der Waals surface area contributed by atoms with Crippen LogP contribution in [0.4, 0.5) is 0 Å². The highest BCUT2D eigenvalue weighted by Gasteiger charge is 2.30. The van der Waals surface area contributed by atoms with Crippen LogP contribution in [0.5, 0.6) is 0 Å². The van der Waals surface area contributed by atoms with E-state index in [-0.39, 0.29) is 10.8 Å². The summed E-state index contributed by atoms with van der Waals surface area (Å²) in [6, 6.07) is 17.2. The molecule has 0 amide bonds. The molecule has 0 aliphatic carbocycles. The smallest absolute Gasteiger partial charge is 0.229 e. The molecule has 0 radical (unpaired) electrons. The Balaban J connectivity index is 2.35. The van der Waals surface area contributed by atoms with Crippen molar-refractivity contribution in [2.75, 3.05) is 13.3 Å². The maximum absolute atomic E-state index is 12.7. The van der Waals surface area contributed by atoms with Crippen molar-refractivity contribution in [2.45, 2.75) is 38.5 Å². The van der Waals surface area contributed by atoms with Crippen molar-refractivity contribution in [1.29, 1.82) is 0 Å². The minimum atomic E-state index is -2.80. The van der Waals surface area contributed by atoms with E-state index >= 15 is 0 Å². The quantitative estimate of drug-likeness (QED) is 0.560. The highest BCUT2D eigenvalue weighted by atomic mass is 32.2. The van der Waals surface area contributed by atoms with Gasteiger partial charge in [0.15, 0.2) is 0 Å². The van der Waals surface area contributed by atoms with E-state index in [1.54, 1.807) is 6.66 Å². The SMILES string of the molecule is CCOP(C)(=O)c1ccc([C@@H](N[S@+]([O-])C(C)(C)C)c2ccccc2)cc1. The summed E-state index contributed by atoms with van der Waals surface area (Å²) in [4.78, 5) is 0. The zero-order chi connectivity index (χ0) is 19.4. The fraction of sp³-hybridized carbons (Fsp3) is 0.400. The summed E-state index contributed by atoms with van der Waals surface area (Å²) in [7, 11) is -2.80. The molecule has 26 heavy (non-hydrogen) atoms. The molecule has 4 nitrogen and oxygen atoms in total. The Labute approximate surface area is 160 Å². The predicted molar refractivity (Wildman–Crippen MR) is 111 cm³/mol. The summed E-state index contributed by atoms with van der Waals surface area (Å²) in [6.45, 7) is 9.70. The fourth-order valence-corrected chi connectivity index (χ4v) is 4.69. The van der Waals surface area contributed by atoms with Gasteiger partial charge in [-0.05, 0) is 51.0 Å². The second-order valence-corrected chi connectivity index (χ2v) is 11.7. The lowest BCUT2D eigenvalue weighted by Gasteiger charge is -2.28. The number of benzene rings is 2. The normalized spacial score (nSPS) is 16.7. The topological polar surface area (TPSA) is 61.4 Å². The lowest BCUT2D eigenvalue weighted by Crippen LogP contribution is -2.41. The van der Waals surface area contributed by atoms with Gasteiger partial charge < -0.3 is 9.08 Å². The van der Waals surface area contributed by atoms with Crippen LogP contribution in [0.3, 0.4) is 0 Å². The Bertz CT molecular complexity index is 744. The van der Waals surface area contributed by atoms with Crippen LogP contribution in [-0.4, -0.2) is 22.6 Å². The minimum Gasteiger partial charge on any atom is -0.598 e. The molecule has 3 atom stereocenters. The van der Waals surface area contributed by atoms with E-state index in [0.717, 1.165) is 11.1 Å². The Morgan fingerprint density at radius 3 is 2.12 bits per heavy atom. The number of hydrogen-bond acceptors (Lipinski definition) is 4. The lowest BCUT2D eigenvalue weighted by molar-refractivity contribution is 0.345. The highest BCUT2D eigenvalue weighted by molar-refractivity contribution is 7.90. The molecule has 0 saturated heterocycles. The maximum Gasteiger partial charge on any atom is 0.229 e. The van der Waals surface area contributed by atoms with Gasteiger partial charge in [-0.3, -0.25) is 4.57 Å². The van der Waals surface area contributed by atoms with Gasteiger partial charge in [0.1, 0.15) is 10.8 Å². The van der Waals surface area contributed by atoms with Gasteiger partial charge in [0, 0.05) is 23.3 Å². The van der Waals surface area contributed by atoms with Crippen molar-refractivity contribution in [3.8, 4) is 0 Å². The van der Waals surface area contributed by atoms with Crippen molar-refractivity contribution < 1.29 is 13.6 Å². The predicted octanol–water partition coefficient (Wildman–Crippen LogP) is 4.40. The van der Waals surface area contributed by atoms with Gasteiger partial charge in [-0.25, -0.2) is 0 Å². The van der Waals surface area contributed by atoms with Crippen molar-refractivity contribution in [1.82, 2.24) is 4.72 Å².